The van der Waals surface area contributed by atoms with E-state index in [2.05, 4.69) is 21.7 Å². The van der Waals surface area contributed by atoms with Crippen molar-refractivity contribution >= 4 is 0 Å². The molecule has 2 aliphatic heterocycles. The first-order valence-corrected chi connectivity index (χ1v) is 6.60. The second-order valence-corrected chi connectivity index (χ2v) is 5.44. The number of piperidine rings is 1. The summed E-state index contributed by atoms with van der Waals surface area (Å²) in [6.45, 7) is 3.26. The Morgan fingerprint density at radius 3 is 2.71 bits per heavy atom. The van der Waals surface area contributed by atoms with Gasteiger partial charge in [0.05, 0.1) is 0 Å². The molecule has 0 radical (unpaired) electrons. The maximum Gasteiger partial charge on any atom is 0.154 e. The Kier molecular flexibility index (Phi) is 2.88. The highest BCUT2D eigenvalue weighted by atomic mass is 15.4. The molecule has 0 spiro atoms. The van der Waals surface area contributed by atoms with Crippen molar-refractivity contribution in [2.75, 3.05) is 20.1 Å². The minimum atomic E-state index is 0.275. The topological polar surface area (TPSA) is 60.0 Å². The molecule has 5 heteroatoms. The predicted molar refractivity (Wildman–Crippen MR) is 65.8 cm³/mol. The maximum absolute atomic E-state index is 5.97. The van der Waals surface area contributed by atoms with E-state index in [1.54, 1.807) is 0 Å². The fourth-order valence-electron chi connectivity index (χ4n) is 2.79. The molecule has 1 aromatic heterocycles. The van der Waals surface area contributed by atoms with Gasteiger partial charge in [-0.1, -0.05) is 0 Å². The maximum atomic E-state index is 5.97. The number of fused-ring (bicyclic) bond motifs is 1. The Morgan fingerprint density at radius 2 is 1.94 bits per heavy atom. The van der Waals surface area contributed by atoms with Crippen molar-refractivity contribution in [2.24, 2.45) is 5.73 Å². The molecule has 2 N–H and O–H groups in total. The minimum absolute atomic E-state index is 0.275. The zero-order valence-electron chi connectivity index (χ0n) is 10.5. The summed E-state index contributed by atoms with van der Waals surface area (Å²) < 4.78 is 2.07. The average molecular weight is 235 g/mol. The molecule has 0 saturated carbocycles. The first-order chi connectivity index (χ1) is 8.22. The molecule has 1 saturated heterocycles. The van der Waals surface area contributed by atoms with Crippen LogP contribution in [0.4, 0.5) is 0 Å². The number of hydrogen-bond donors (Lipinski definition) is 1. The van der Waals surface area contributed by atoms with Gasteiger partial charge in [-0.3, -0.25) is 0 Å². The van der Waals surface area contributed by atoms with E-state index in [4.69, 9.17) is 10.7 Å². The highest BCUT2D eigenvalue weighted by Gasteiger charge is 2.25. The van der Waals surface area contributed by atoms with E-state index in [0.29, 0.717) is 5.92 Å². The molecule has 1 fully saturated rings. The van der Waals surface area contributed by atoms with Crippen molar-refractivity contribution in [2.45, 2.75) is 44.2 Å². The Balaban J connectivity index is 1.76. The zero-order valence-corrected chi connectivity index (χ0v) is 10.5. The highest BCUT2D eigenvalue weighted by Crippen LogP contribution is 2.26. The molecular formula is C12H21N5. The quantitative estimate of drug-likeness (QED) is 0.763. The SMILES string of the molecule is CN1CCC(c2nc3n(n2)CCC(N)C3)CC1. The van der Waals surface area contributed by atoms with Crippen molar-refractivity contribution in [3.63, 3.8) is 0 Å². The smallest absolute Gasteiger partial charge is 0.154 e. The molecule has 3 rings (SSSR count). The molecule has 17 heavy (non-hydrogen) atoms. The van der Waals surface area contributed by atoms with Gasteiger partial charge in [0.1, 0.15) is 5.82 Å². The van der Waals surface area contributed by atoms with Gasteiger partial charge in [-0.15, -0.1) is 0 Å². The summed E-state index contributed by atoms with van der Waals surface area (Å²) in [6, 6.07) is 0.275. The fraction of sp³-hybridized carbons (Fsp3) is 0.833. The van der Waals surface area contributed by atoms with E-state index in [1.807, 2.05) is 0 Å². The summed E-state index contributed by atoms with van der Waals surface area (Å²) in [5.74, 6) is 2.71. The molecule has 2 aliphatic rings. The predicted octanol–water partition coefficient (Wildman–Crippen LogP) is 0.361. The van der Waals surface area contributed by atoms with Gasteiger partial charge >= 0.3 is 0 Å². The van der Waals surface area contributed by atoms with Crippen LogP contribution < -0.4 is 5.73 Å². The van der Waals surface area contributed by atoms with Crippen molar-refractivity contribution in [3.05, 3.63) is 11.6 Å². The molecule has 0 bridgehead atoms. The first-order valence-electron chi connectivity index (χ1n) is 6.60. The standard InChI is InChI=1S/C12H21N5/c1-16-5-2-9(3-6-16)12-14-11-8-10(13)4-7-17(11)15-12/h9-10H,2-8,13H2,1H3. The number of likely N-dealkylation sites (tertiary alicyclic amines) is 1. The van der Waals surface area contributed by atoms with Crippen LogP contribution in [0.2, 0.25) is 0 Å². The summed E-state index contributed by atoms with van der Waals surface area (Å²) in [5.41, 5.74) is 5.97. The average Bonchev–Trinajstić information content (AvgIpc) is 2.72. The zero-order chi connectivity index (χ0) is 11.8. The molecule has 3 heterocycles. The van der Waals surface area contributed by atoms with Gasteiger partial charge in [0, 0.05) is 24.9 Å². The Morgan fingerprint density at radius 1 is 1.18 bits per heavy atom. The third-order valence-corrected chi connectivity index (χ3v) is 4.00. The Bertz CT molecular complexity index is 392. The largest absolute Gasteiger partial charge is 0.327 e. The summed E-state index contributed by atoms with van der Waals surface area (Å²) in [7, 11) is 2.18. The van der Waals surface area contributed by atoms with Crippen molar-refractivity contribution < 1.29 is 0 Å². The molecule has 1 aromatic rings. The third kappa shape index (κ3) is 2.21. The summed E-state index contributed by atoms with van der Waals surface area (Å²) in [4.78, 5) is 7.08. The lowest BCUT2D eigenvalue weighted by atomic mass is 9.96. The monoisotopic (exact) mass is 235 g/mol. The van der Waals surface area contributed by atoms with Crippen LogP contribution in [0.5, 0.6) is 0 Å². The summed E-state index contributed by atoms with van der Waals surface area (Å²) in [5, 5.41) is 4.67. The molecular weight excluding hydrogens is 214 g/mol. The molecule has 0 aliphatic carbocycles. The van der Waals surface area contributed by atoms with Crippen molar-refractivity contribution in [1.82, 2.24) is 19.7 Å². The molecule has 1 unspecified atom stereocenters. The van der Waals surface area contributed by atoms with Crippen molar-refractivity contribution in [1.29, 1.82) is 0 Å². The number of aromatic nitrogens is 3. The van der Waals surface area contributed by atoms with E-state index >= 15 is 0 Å². The van der Waals surface area contributed by atoms with Gasteiger partial charge in [0.25, 0.3) is 0 Å². The van der Waals surface area contributed by atoms with Gasteiger partial charge in [-0.25, -0.2) is 9.67 Å². The van der Waals surface area contributed by atoms with Crippen LogP contribution in [0.25, 0.3) is 0 Å². The van der Waals surface area contributed by atoms with E-state index in [-0.39, 0.29) is 6.04 Å². The van der Waals surface area contributed by atoms with Crippen molar-refractivity contribution in [3.8, 4) is 0 Å². The van der Waals surface area contributed by atoms with Gasteiger partial charge in [0.2, 0.25) is 0 Å². The lowest BCUT2D eigenvalue weighted by Crippen LogP contribution is -2.31. The van der Waals surface area contributed by atoms with Gasteiger partial charge < -0.3 is 10.6 Å². The summed E-state index contributed by atoms with van der Waals surface area (Å²) in [6.07, 6.45) is 4.29. The van der Waals surface area contributed by atoms with Crippen LogP contribution in [0.15, 0.2) is 0 Å². The first kappa shape index (κ1) is 11.2. The van der Waals surface area contributed by atoms with Crippen LogP contribution in [0.3, 0.4) is 0 Å². The Labute approximate surface area is 102 Å². The number of rotatable bonds is 1. The van der Waals surface area contributed by atoms with Gasteiger partial charge in [-0.05, 0) is 39.4 Å². The summed E-state index contributed by atoms with van der Waals surface area (Å²) >= 11 is 0. The lowest BCUT2D eigenvalue weighted by Gasteiger charge is -2.27. The van der Waals surface area contributed by atoms with E-state index in [1.165, 1.54) is 12.8 Å². The number of nitrogens with zero attached hydrogens (tertiary/aromatic N) is 4. The second-order valence-electron chi connectivity index (χ2n) is 5.44. The lowest BCUT2D eigenvalue weighted by molar-refractivity contribution is 0.251. The molecule has 1 atom stereocenters. The normalized spacial score (nSPS) is 27.1. The third-order valence-electron chi connectivity index (χ3n) is 4.00. The molecule has 94 valence electrons. The number of nitrogens with two attached hydrogens (primary N) is 1. The number of aryl methyl sites for hydroxylation is 1. The molecule has 0 amide bonds. The molecule has 5 nitrogen and oxygen atoms in total. The molecule has 0 aromatic carbocycles. The fourth-order valence-corrected chi connectivity index (χ4v) is 2.79. The minimum Gasteiger partial charge on any atom is -0.327 e. The van der Waals surface area contributed by atoms with Crippen LogP contribution in [0.1, 0.15) is 36.8 Å². The number of hydrogen-bond acceptors (Lipinski definition) is 4. The van der Waals surface area contributed by atoms with E-state index in [9.17, 15) is 0 Å². The van der Waals surface area contributed by atoms with Gasteiger partial charge in [0.15, 0.2) is 5.82 Å². The Hall–Kier alpha value is -0.940. The van der Waals surface area contributed by atoms with Crippen LogP contribution in [-0.4, -0.2) is 45.8 Å². The van der Waals surface area contributed by atoms with E-state index < -0.39 is 0 Å². The van der Waals surface area contributed by atoms with Crippen LogP contribution >= 0.6 is 0 Å². The van der Waals surface area contributed by atoms with Crippen LogP contribution in [-0.2, 0) is 13.0 Å². The van der Waals surface area contributed by atoms with Crippen LogP contribution in [0, 0.1) is 0 Å². The van der Waals surface area contributed by atoms with Gasteiger partial charge in [-0.2, -0.15) is 5.10 Å². The highest BCUT2D eigenvalue weighted by molar-refractivity contribution is 5.04. The van der Waals surface area contributed by atoms with E-state index in [0.717, 1.165) is 44.1 Å². The second kappa shape index (κ2) is 4.38.